The lowest BCUT2D eigenvalue weighted by Crippen LogP contribution is -2.46. The standard InChI is InChI=1S/C18H28N2O3/c1-14(21)12-16(15-6-4-3-5-7-15)13-19-18(22)20-10-8-17(23-2)9-11-20/h3-7,14,16-17,21H,8-13H2,1-2H3,(H,19,22). The van der Waals surface area contributed by atoms with Crippen molar-refractivity contribution >= 4 is 6.03 Å². The predicted molar refractivity (Wildman–Crippen MR) is 90.5 cm³/mol. The van der Waals surface area contributed by atoms with Gasteiger partial charge in [-0.25, -0.2) is 4.79 Å². The molecule has 5 nitrogen and oxygen atoms in total. The van der Waals surface area contributed by atoms with Crippen LogP contribution in [0.3, 0.4) is 0 Å². The number of aliphatic hydroxyl groups is 1. The first-order chi connectivity index (χ1) is 11.1. The minimum Gasteiger partial charge on any atom is -0.393 e. The van der Waals surface area contributed by atoms with E-state index < -0.39 is 6.10 Å². The van der Waals surface area contributed by atoms with Gasteiger partial charge in [0.15, 0.2) is 0 Å². The first kappa shape index (κ1) is 17.8. The lowest BCUT2D eigenvalue weighted by molar-refractivity contribution is 0.0502. The second-order valence-corrected chi connectivity index (χ2v) is 6.30. The SMILES string of the molecule is COC1CCN(C(=O)NCC(CC(C)O)c2ccccc2)CC1. The molecule has 1 aliphatic heterocycles. The number of hydrogen-bond donors (Lipinski definition) is 2. The number of piperidine rings is 1. The Hall–Kier alpha value is -1.59. The highest BCUT2D eigenvalue weighted by Crippen LogP contribution is 2.21. The Morgan fingerprint density at radius 3 is 2.57 bits per heavy atom. The number of rotatable bonds is 6. The van der Waals surface area contributed by atoms with Crippen LogP contribution in [0.4, 0.5) is 4.79 Å². The molecule has 2 atom stereocenters. The quantitative estimate of drug-likeness (QED) is 0.846. The molecule has 2 rings (SSSR count). The maximum absolute atomic E-state index is 12.3. The molecule has 0 aliphatic carbocycles. The van der Waals surface area contributed by atoms with Gasteiger partial charge < -0.3 is 20.1 Å². The molecule has 0 saturated carbocycles. The molecule has 0 spiro atoms. The first-order valence-electron chi connectivity index (χ1n) is 8.38. The summed E-state index contributed by atoms with van der Waals surface area (Å²) in [5.74, 6) is 0.122. The summed E-state index contributed by atoms with van der Waals surface area (Å²) < 4.78 is 5.33. The van der Waals surface area contributed by atoms with Crippen LogP contribution in [0.1, 0.15) is 37.7 Å². The Balaban J connectivity index is 1.87. The van der Waals surface area contributed by atoms with Gasteiger partial charge in [0.05, 0.1) is 12.2 Å². The van der Waals surface area contributed by atoms with Crippen molar-refractivity contribution in [1.82, 2.24) is 10.2 Å². The van der Waals surface area contributed by atoms with Crippen molar-refractivity contribution in [2.24, 2.45) is 0 Å². The molecule has 0 radical (unpaired) electrons. The second-order valence-electron chi connectivity index (χ2n) is 6.30. The number of nitrogens with one attached hydrogen (secondary N) is 1. The largest absolute Gasteiger partial charge is 0.393 e. The molecule has 128 valence electrons. The highest BCUT2D eigenvalue weighted by atomic mass is 16.5. The predicted octanol–water partition coefficient (Wildman–Crippen LogP) is 2.36. The number of nitrogens with zero attached hydrogens (tertiary/aromatic N) is 1. The molecule has 0 aromatic heterocycles. The molecule has 5 heteroatoms. The van der Waals surface area contributed by atoms with Crippen molar-refractivity contribution in [3.8, 4) is 0 Å². The molecule has 1 aromatic carbocycles. The van der Waals surface area contributed by atoms with Crippen LogP contribution in [0.5, 0.6) is 0 Å². The van der Waals surface area contributed by atoms with Crippen LogP contribution in [-0.2, 0) is 4.74 Å². The van der Waals surface area contributed by atoms with Crippen molar-refractivity contribution < 1.29 is 14.6 Å². The van der Waals surface area contributed by atoms with E-state index in [-0.39, 0.29) is 18.1 Å². The number of amides is 2. The molecule has 1 fully saturated rings. The summed E-state index contributed by atoms with van der Waals surface area (Å²) in [6.07, 6.45) is 2.29. The smallest absolute Gasteiger partial charge is 0.317 e. The van der Waals surface area contributed by atoms with Crippen molar-refractivity contribution in [2.75, 3.05) is 26.7 Å². The van der Waals surface area contributed by atoms with Crippen LogP contribution in [0.2, 0.25) is 0 Å². The van der Waals surface area contributed by atoms with E-state index in [1.165, 1.54) is 0 Å². The minimum atomic E-state index is -0.394. The summed E-state index contributed by atoms with van der Waals surface area (Å²) in [4.78, 5) is 14.2. The Kier molecular flexibility index (Phi) is 6.86. The lowest BCUT2D eigenvalue weighted by atomic mass is 9.93. The van der Waals surface area contributed by atoms with Crippen molar-refractivity contribution in [3.63, 3.8) is 0 Å². The number of carbonyl (C=O) groups excluding carboxylic acids is 1. The van der Waals surface area contributed by atoms with Gasteiger partial charge in [0, 0.05) is 32.7 Å². The Labute approximate surface area is 138 Å². The minimum absolute atomic E-state index is 0.0222. The zero-order chi connectivity index (χ0) is 16.7. The molecule has 23 heavy (non-hydrogen) atoms. The van der Waals surface area contributed by atoms with Gasteiger partial charge in [-0.1, -0.05) is 30.3 Å². The van der Waals surface area contributed by atoms with E-state index in [1.54, 1.807) is 14.0 Å². The average molecular weight is 320 g/mol. The maximum Gasteiger partial charge on any atom is 0.317 e. The Morgan fingerprint density at radius 2 is 2.00 bits per heavy atom. The number of hydrogen-bond acceptors (Lipinski definition) is 3. The number of likely N-dealkylation sites (tertiary alicyclic amines) is 1. The Bertz CT molecular complexity index is 470. The molecule has 2 unspecified atom stereocenters. The molecule has 2 amide bonds. The maximum atomic E-state index is 12.3. The lowest BCUT2D eigenvalue weighted by Gasteiger charge is -2.32. The summed E-state index contributed by atoms with van der Waals surface area (Å²) in [7, 11) is 1.72. The van der Waals surface area contributed by atoms with Crippen molar-refractivity contribution in [1.29, 1.82) is 0 Å². The molecule has 2 N–H and O–H groups in total. The van der Waals surface area contributed by atoms with Crippen LogP contribution < -0.4 is 5.32 Å². The third-order valence-electron chi connectivity index (χ3n) is 4.46. The molecule has 0 bridgehead atoms. The fourth-order valence-corrected chi connectivity index (χ4v) is 3.09. The summed E-state index contributed by atoms with van der Waals surface area (Å²) in [6, 6.07) is 10.0. The first-order valence-corrected chi connectivity index (χ1v) is 8.38. The molecular formula is C18H28N2O3. The second kappa shape index (κ2) is 8.89. The number of methoxy groups -OCH3 is 1. The highest BCUT2D eigenvalue weighted by molar-refractivity contribution is 5.74. The van der Waals surface area contributed by atoms with E-state index in [2.05, 4.69) is 5.32 Å². The topological polar surface area (TPSA) is 61.8 Å². The van der Waals surface area contributed by atoms with Gasteiger partial charge >= 0.3 is 6.03 Å². The van der Waals surface area contributed by atoms with E-state index in [4.69, 9.17) is 4.74 Å². The normalized spacial score (nSPS) is 18.5. The van der Waals surface area contributed by atoms with Gasteiger partial charge in [-0.05, 0) is 31.7 Å². The molecule has 1 heterocycles. The molecule has 1 aromatic rings. The fraction of sp³-hybridized carbons (Fsp3) is 0.611. The van der Waals surface area contributed by atoms with E-state index in [9.17, 15) is 9.90 Å². The number of urea groups is 1. The summed E-state index contributed by atoms with van der Waals surface area (Å²) in [6.45, 7) is 3.79. The summed E-state index contributed by atoms with van der Waals surface area (Å²) in [5.41, 5.74) is 1.15. The van der Waals surface area contributed by atoms with E-state index >= 15 is 0 Å². The number of aliphatic hydroxyl groups excluding tert-OH is 1. The van der Waals surface area contributed by atoms with Crippen LogP contribution in [0.15, 0.2) is 30.3 Å². The van der Waals surface area contributed by atoms with Gasteiger partial charge in [-0.3, -0.25) is 0 Å². The number of benzene rings is 1. The van der Waals surface area contributed by atoms with Gasteiger partial charge in [0.2, 0.25) is 0 Å². The highest BCUT2D eigenvalue weighted by Gasteiger charge is 2.23. The number of carbonyl (C=O) groups is 1. The van der Waals surface area contributed by atoms with Gasteiger partial charge in [-0.2, -0.15) is 0 Å². The fourth-order valence-electron chi connectivity index (χ4n) is 3.09. The van der Waals surface area contributed by atoms with Gasteiger partial charge in [0.1, 0.15) is 0 Å². The van der Waals surface area contributed by atoms with E-state index in [0.717, 1.165) is 31.5 Å². The van der Waals surface area contributed by atoms with Crippen LogP contribution in [0.25, 0.3) is 0 Å². The van der Waals surface area contributed by atoms with Crippen molar-refractivity contribution in [2.45, 2.75) is 44.3 Å². The average Bonchev–Trinajstić information content (AvgIpc) is 2.59. The Morgan fingerprint density at radius 1 is 1.35 bits per heavy atom. The van der Waals surface area contributed by atoms with Gasteiger partial charge in [-0.15, -0.1) is 0 Å². The summed E-state index contributed by atoms with van der Waals surface area (Å²) in [5, 5.41) is 12.7. The van der Waals surface area contributed by atoms with E-state index in [0.29, 0.717) is 13.0 Å². The number of ether oxygens (including phenoxy) is 1. The molecular weight excluding hydrogens is 292 g/mol. The van der Waals surface area contributed by atoms with Crippen molar-refractivity contribution in [3.05, 3.63) is 35.9 Å². The van der Waals surface area contributed by atoms with Crippen LogP contribution in [0, 0.1) is 0 Å². The zero-order valence-electron chi connectivity index (χ0n) is 14.1. The summed E-state index contributed by atoms with van der Waals surface area (Å²) >= 11 is 0. The molecule has 1 aliphatic rings. The van der Waals surface area contributed by atoms with E-state index in [1.807, 2.05) is 35.2 Å². The molecule has 1 saturated heterocycles. The van der Waals surface area contributed by atoms with Crippen LogP contribution >= 0.6 is 0 Å². The van der Waals surface area contributed by atoms with Crippen LogP contribution in [-0.4, -0.2) is 55.0 Å². The zero-order valence-corrected chi connectivity index (χ0v) is 14.1. The third kappa shape index (κ3) is 5.52. The van der Waals surface area contributed by atoms with Gasteiger partial charge in [0.25, 0.3) is 0 Å². The monoisotopic (exact) mass is 320 g/mol. The third-order valence-corrected chi connectivity index (χ3v) is 4.46.